The maximum atomic E-state index is 9.80. The molecule has 0 aliphatic carbocycles. The zero-order valence-electron chi connectivity index (χ0n) is 10.7. The minimum absolute atomic E-state index is 0.537. The van der Waals surface area contributed by atoms with Crippen LogP contribution in [-0.4, -0.2) is 10.1 Å². The van der Waals surface area contributed by atoms with Crippen LogP contribution in [0.5, 0.6) is 0 Å². The maximum Gasteiger partial charge on any atom is 0.135 e. The summed E-state index contributed by atoms with van der Waals surface area (Å²) in [4.78, 5) is 4.12. The standard InChI is InChI=1S/C16H15NO2/c1-2-14(18)16-7-6-15(19-16)13-5-3-4-11-10-17-9-8-12(11)13/h3-10,14,18H,2H2,1H3. The van der Waals surface area contributed by atoms with Crippen molar-refractivity contribution in [1.29, 1.82) is 0 Å². The van der Waals surface area contributed by atoms with Crippen LogP contribution in [0.15, 0.2) is 53.2 Å². The van der Waals surface area contributed by atoms with Gasteiger partial charge in [0.05, 0.1) is 0 Å². The molecule has 0 aliphatic rings. The van der Waals surface area contributed by atoms with E-state index in [9.17, 15) is 5.11 Å². The first-order valence-electron chi connectivity index (χ1n) is 6.40. The van der Waals surface area contributed by atoms with Gasteiger partial charge in [0.15, 0.2) is 0 Å². The van der Waals surface area contributed by atoms with E-state index in [1.807, 2.05) is 49.5 Å². The number of furan rings is 1. The molecular weight excluding hydrogens is 238 g/mol. The summed E-state index contributed by atoms with van der Waals surface area (Å²) in [5.41, 5.74) is 1.02. The van der Waals surface area contributed by atoms with E-state index in [2.05, 4.69) is 4.98 Å². The zero-order chi connectivity index (χ0) is 13.2. The first-order valence-corrected chi connectivity index (χ1v) is 6.40. The lowest BCUT2D eigenvalue weighted by molar-refractivity contribution is 0.147. The van der Waals surface area contributed by atoms with E-state index in [1.54, 1.807) is 6.20 Å². The van der Waals surface area contributed by atoms with Crippen molar-refractivity contribution < 1.29 is 9.52 Å². The van der Waals surface area contributed by atoms with Gasteiger partial charge in [0, 0.05) is 23.3 Å². The fourth-order valence-corrected chi connectivity index (χ4v) is 2.22. The summed E-state index contributed by atoms with van der Waals surface area (Å²) < 4.78 is 5.76. The largest absolute Gasteiger partial charge is 0.458 e. The highest BCUT2D eigenvalue weighted by Crippen LogP contribution is 2.31. The number of nitrogens with zero attached hydrogens (tertiary/aromatic N) is 1. The summed E-state index contributed by atoms with van der Waals surface area (Å²) in [6.07, 6.45) is 3.72. The van der Waals surface area contributed by atoms with Gasteiger partial charge in [-0.3, -0.25) is 4.98 Å². The van der Waals surface area contributed by atoms with Gasteiger partial charge in [-0.05, 0) is 30.0 Å². The summed E-state index contributed by atoms with van der Waals surface area (Å²) >= 11 is 0. The first kappa shape index (κ1) is 11.9. The van der Waals surface area contributed by atoms with Crippen LogP contribution in [0.25, 0.3) is 22.1 Å². The van der Waals surface area contributed by atoms with Gasteiger partial charge in [-0.2, -0.15) is 0 Å². The highest BCUT2D eigenvalue weighted by Gasteiger charge is 2.12. The second kappa shape index (κ2) is 4.86. The number of rotatable bonds is 3. The average molecular weight is 253 g/mol. The monoisotopic (exact) mass is 253 g/mol. The molecule has 0 fully saturated rings. The molecule has 1 aromatic carbocycles. The van der Waals surface area contributed by atoms with Crippen molar-refractivity contribution in [3.05, 3.63) is 54.6 Å². The normalized spacial score (nSPS) is 12.7. The predicted molar refractivity (Wildman–Crippen MR) is 74.7 cm³/mol. The van der Waals surface area contributed by atoms with E-state index in [0.29, 0.717) is 12.2 Å². The van der Waals surface area contributed by atoms with E-state index in [1.165, 1.54) is 0 Å². The molecule has 3 nitrogen and oxygen atoms in total. The molecule has 0 aliphatic heterocycles. The number of aliphatic hydroxyl groups excluding tert-OH is 1. The summed E-state index contributed by atoms with van der Waals surface area (Å²) in [7, 11) is 0. The second-order valence-corrected chi connectivity index (χ2v) is 4.53. The molecule has 1 N–H and O–H groups in total. The highest BCUT2D eigenvalue weighted by atomic mass is 16.4. The third-order valence-corrected chi connectivity index (χ3v) is 3.29. The van der Waals surface area contributed by atoms with Crippen molar-refractivity contribution >= 4 is 10.8 Å². The van der Waals surface area contributed by atoms with Crippen molar-refractivity contribution in [3.8, 4) is 11.3 Å². The van der Waals surface area contributed by atoms with Gasteiger partial charge in [-0.15, -0.1) is 0 Å². The van der Waals surface area contributed by atoms with Gasteiger partial charge in [0.1, 0.15) is 17.6 Å². The molecule has 0 radical (unpaired) electrons. The fraction of sp³-hybridized carbons (Fsp3) is 0.188. The minimum atomic E-state index is -0.537. The summed E-state index contributed by atoms with van der Waals surface area (Å²) in [6.45, 7) is 1.93. The summed E-state index contributed by atoms with van der Waals surface area (Å²) in [5, 5.41) is 12.0. The molecule has 0 spiro atoms. The highest BCUT2D eigenvalue weighted by molar-refractivity contribution is 5.94. The summed E-state index contributed by atoms with van der Waals surface area (Å²) in [6, 6.07) is 11.7. The summed E-state index contributed by atoms with van der Waals surface area (Å²) in [5.74, 6) is 1.39. The number of hydrogen-bond acceptors (Lipinski definition) is 3. The lowest BCUT2D eigenvalue weighted by atomic mass is 10.1. The van der Waals surface area contributed by atoms with Gasteiger partial charge < -0.3 is 9.52 Å². The van der Waals surface area contributed by atoms with Crippen molar-refractivity contribution in [2.75, 3.05) is 0 Å². The molecule has 1 unspecified atom stereocenters. The quantitative estimate of drug-likeness (QED) is 0.769. The van der Waals surface area contributed by atoms with Crippen LogP contribution in [0, 0.1) is 0 Å². The van der Waals surface area contributed by atoms with Crippen LogP contribution >= 0.6 is 0 Å². The Morgan fingerprint density at radius 1 is 1.21 bits per heavy atom. The first-order chi connectivity index (χ1) is 9.29. The fourth-order valence-electron chi connectivity index (χ4n) is 2.22. The van der Waals surface area contributed by atoms with Crippen molar-refractivity contribution in [3.63, 3.8) is 0 Å². The van der Waals surface area contributed by atoms with Crippen LogP contribution in [-0.2, 0) is 0 Å². The molecule has 0 saturated heterocycles. The Labute approximate surface area is 111 Å². The van der Waals surface area contributed by atoms with Crippen LogP contribution in [0.3, 0.4) is 0 Å². The molecule has 3 rings (SSSR count). The van der Waals surface area contributed by atoms with Gasteiger partial charge in [-0.1, -0.05) is 25.1 Å². The van der Waals surface area contributed by atoms with Crippen LogP contribution in [0.2, 0.25) is 0 Å². The Hall–Kier alpha value is -2.13. The van der Waals surface area contributed by atoms with Gasteiger partial charge in [0.2, 0.25) is 0 Å². The SMILES string of the molecule is CCC(O)c1ccc(-c2cccc3cnccc23)o1. The molecule has 3 heteroatoms. The van der Waals surface area contributed by atoms with Gasteiger partial charge in [-0.25, -0.2) is 0 Å². The number of aromatic nitrogens is 1. The van der Waals surface area contributed by atoms with E-state index in [0.717, 1.165) is 22.1 Å². The van der Waals surface area contributed by atoms with E-state index in [-0.39, 0.29) is 0 Å². The van der Waals surface area contributed by atoms with Crippen molar-refractivity contribution in [1.82, 2.24) is 4.98 Å². The molecule has 96 valence electrons. The Balaban J connectivity index is 2.12. The van der Waals surface area contributed by atoms with Crippen LogP contribution in [0.1, 0.15) is 25.2 Å². The number of benzene rings is 1. The smallest absolute Gasteiger partial charge is 0.135 e. The number of pyridine rings is 1. The third-order valence-electron chi connectivity index (χ3n) is 3.29. The van der Waals surface area contributed by atoms with E-state index in [4.69, 9.17) is 4.42 Å². The molecule has 0 amide bonds. The molecule has 19 heavy (non-hydrogen) atoms. The number of fused-ring (bicyclic) bond motifs is 1. The Kier molecular flexibility index (Phi) is 3.05. The lowest BCUT2D eigenvalue weighted by Gasteiger charge is -2.05. The van der Waals surface area contributed by atoms with E-state index >= 15 is 0 Å². The molecule has 0 saturated carbocycles. The molecule has 3 aromatic rings. The van der Waals surface area contributed by atoms with Gasteiger partial charge >= 0.3 is 0 Å². The topological polar surface area (TPSA) is 46.3 Å². The van der Waals surface area contributed by atoms with E-state index < -0.39 is 6.10 Å². The molecular formula is C16H15NO2. The van der Waals surface area contributed by atoms with Crippen molar-refractivity contribution in [2.24, 2.45) is 0 Å². The predicted octanol–water partition coefficient (Wildman–Crippen LogP) is 3.94. The van der Waals surface area contributed by atoms with Gasteiger partial charge in [0.25, 0.3) is 0 Å². The lowest BCUT2D eigenvalue weighted by Crippen LogP contribution is -1.91. The van der Waals surface area contributed by atoms with Crippen molar-refractivity contribution in [2.45, 2.75) is 19.4 Å². The van der Waals surface area contributed by atoms with Crippen LogP contribution in [0.4, 0.5) is 0 Å². The molecule has 2 aromatic heterocycles. The Morgan fingerprint density at radius 2 is 2.11 bits per heavy atom. The third kappa shape index (κ3) is 2.13. The average Bonchev–Trinajstić information content (AvgIpc) is 2.95. The number of hydrogen-bond donors (Lipinski definition) is 1. The second-order valence-electron chi connectivity index (χ2n) is 4.53. The number of aliphatic hydroxyl groups is 1. The molecule has 2 heterocycles. The Morgan fingerprint density at radius 3 is 2.95 bits per heavy atom. The minimum Gasteiger partial charge on any atom is -0.458 e. The van der Waals surface area contributed by atoms with Crippen LogP contribution < -0.4 is 0 Å². The molecule has 1 atom stereocenters. The maximum absolute atomic E-state index is 9.80. The Bertz CT molecular complexity index is 697. The molecule has 0 bridgehead atoms. The zero-order valence-corrected chi connectivity index (χ0v) is 10.7.